The predicted molar refractivity (Wildman–Crippen MR) is 74.1 cm³/mol. The van der Waals surface area contributed by atoms with E-state index in [0.29, 0.717) is 5.69 Å². The molecule has 0 heterocycles. The van der Waals surface area contributed by atoms with Gasteiger partial charge in [0, 0.05) is 17.9 Å². The van der Waals surface area contributed by atoms with E-state index in [1.807, 2.05) is 14.1 Å². The maximum atomic E-state index is 10.9. The van der Waals surface area contributed by atoms with Crippen LogP contribution in [0.4, 0.5) is 11.4 Å². The Hall–Kier alpha value is -1.75. The molecule has 1 rings (SSSR count). The van der Waals surface area contributed by atoms with Crippen LogP contribution in [-0.2, 0) is 0 Å². The molecule has 5 heteroatoms. The minimum Gasteiger partial charge on any atom is -0.478 e. The van der Waals surface area contributed by atoms with E-state index >= 15 is 0 Å². The molecule has 0 aliphatic heterocycles. The number of unbranched alkanes of at least 4 members (excludes halogenated alkanes) is 1. The summed E-state index contributed by atoms with van der Waals surface area (Å²) < 4.78 is 0. The highest BCUT2D eigenvalue weighted by Crippen LogP contribution is 2.17. The lowest BCUT2D eigenvalue weighted by Crippen LogP contribution is -2.14. The number of benzene rings is 1. The number of nitrogens with one attached hydrogen (secondary N) is 1. The lowest BCUT2D eigenvalue weighted by atomic mass is 10.1. The summed E-state index contributed by atoms with van der Waals surface area (Å²) in [5, 5.41) is 12.2. The number of aromatic carboxylic acids is 1. The molecule has 0 aromatic heterocycles. The summed E-state index contributed by atoms with van der Waals surface area (Å²) in [6, 6.07) is 4.99. The predicted octanol–water partition coefficient (Wildman–Crippen LogP) is 1.72. The third-order valence-corrected chi connectivity index (χ3v) is 2.64. The number of hydrogen-bond acceptors (Lipinski definition) is 4. The molecule has 0 spiro atoms. The van der Waals surface area contributed by atoms with Crippen molar-refractivity contribution < 1.29 is 9.90 Å². The van der Waals surface area contributed by atoms with E-state index in [0.717, 1.165) is 31.6 Å². The van der Waals surface area contributed by atoms with Gasteiger partial charge in [0.25, 0.3) is 0 Å². The number of hydrogen-bond donors (Lipinski definition) is 3. The first-order valence-corrected chi connectivity index (χ1v) is 6.02. The smallest absolute Gasteiger partial charge is 0.337 e. The van der Waals surface area contributed by atoms with Crippen LogP contribution in [0.25, 0.3) is 0 Å². The molecule has 0 fully saturated rings. The van der Waals surface area contributed by atoms with Crippen LogP contribution in [0.15, 0.2) is 18.2 Å². The summed E-state index contributed by atoms with van der Waals surface area (Å²) in [5.41, 5.74) is 6.82. The Labute approximate surface area is 108 Å². The van der Waals surface area contributed by atoms with Crippen LogP contribution < -0.4 is 11.1 Å². The molecule has 0 saturated heterocycles. The van der Waals surface area contributed by atoms with Gasteiger partial charge in [-0.25, -0.2) is 4.79 Å². The zero-order chi connectivity index (χ0) is 13.5. The van der Waals surface area contributed by atoms with Gasteiger partial charge >= 0.3 is 5.97 Å². The molecule has 0 saturated carbocycles. The van der Waals surface area contributed by atoms with Gasteiger partial charge in [0.1, 0.15) is 0 Å². The molecule has 1 aromatic rings. The molecule has 0 unspecified atom stereocenters. The Balaban J connectivity index is 2.43. The lowest BCUT2D eigenvalue weighted by molar-refractivity contribution is 0.0698. The van der Waals surface area contributed by atoms with Gasteiger partial charge in [-0.2, -0.15) is 0 Å². The Bertz CT molecular complexity index is 405. The van der Waals surface area contributed by atoms with Crippen molar-refractivity contribution in [3.63, 3.8) is 0 Å². The highest BCUT2D eigenvalue weighted by Gasteiger charge is 2.08. The van der Waals surface area contributed by atoms with Crippen LogP contribution in [0.2, 0.25) is 0 Å². The zero-order valence-electron chi connectivity index (χ0n) is 10.9. The fourth-order valence-corrected chi connectivity index (χ4v) is 1.64. The van der Waals surface area contributed by atoms with E-state index in [9.17, 15) is 4.79 Å². The normalized spacial score (nSPS) is 10.6. The Kier molecular flexibility index (Phi) is 5.45. The fraction of sp³-hybridized carbons (Fsp3) is 0.462. The summed E-state index contributed by atoms with van der Waals surface area (Å²) in [4.78, 5) is 13.1. The number of nitrogens with two attached hydrogens (primary N) is 1. The quantitative estimate of drug-likeness (QED) is 0.508. The van der Waals surface area contributed by atoms with Crippen molar-refractivity contribution >= 4 is 17.3 Å². The number of nitrogens with zero attached hydrogens (tertiary/aromatic N) is 1. The fourth-order valence-electron chi connectivity index (χ4n) is 1.64. The standard InChI is InChI=1S/C13H21N3O2/c1-16(2)8-4-3-7-15-10-5-6-12(14)11(9-10)13(17)18/h5-6,9,15H,3-4,7-8,14H2,1-2H3,(H,17,18). The van der Waals surface area contributed by atoms with Crippen molar-refractivity contribution in [2.45, 2.75) is 12.8 Å². The highest BCUT2D eigenvalue weighted by molar-refractivity contribution is 5.94. The van der Waals surface area contributed by atoms with E-state index in [-0.39, 0.29) is 5.56 Å². The first-order valence-electron chi connectivity index (χ1n) is 6.02. The van der Waals surface area contributed by atoms with Crippen molar-refractivity contribution in [2.24, 2.45) is 0 Å². The topological polar surface area (TPSA) is 78.6 Å². The van der Waals surface area contributed by atoms with Crippen LogP contribution >= 0.6 is 0 Å². The maximum absolute atomic E-state index is 10.9. The van der Waals surface area contributed by atoms with E-state index in [4.69, 9.17) is 10.8 Å². The van der Waals surface area contributed by atoms with Gasteiger partial charge in [0.15, 0.2) is 0 Å². The van der Waals surface area contributed by atoms with E-state index < -0.39 is 5.97 Å². The Morgan fingerprint density at radius 2 is 2.11 bits per heavy atom. The van der Waals surface area contributed by atoms with Gasteiger partial charge in [-0.1, -0.05) is 0 Å². The van der Waals surface area contributed by atoms with Gasteiger partial charge in [0.05, 0.1) is 5.56 Å². The van der Waals surface area contributed by atoms with Gasteiger partial charge < -0.3 is 21.1 Å². The van der Waals surface area contributed by atoms with Crippen LogP contribution in [-0.4, -0.2) is 43.2 Å². The molecule has 1 aromatic carbocycles. The number of anilines is 2. The van der Waals surface area contributed by atoms with Gasteiger partial charge in [-0.3, -0.25) is 0 Å². The molecular formula is C13H21N3O2. The van der Waals surface area contributed by atoms with Gasteiger partial charge in [0.2, 0.25) is 0 Å². The molecule has 5 nitrogen and oxygen atoms in total. The molecule has 0 aliphatic carbocycles. The third-order valence-electron chi connectivity index (χ3n) is 2.64. The SMILES string of the molecule is CN(C)CCCCNc1ccc(N)c(C(=O)O)c1. The second kappa shape index (κ2) is 6.86. The molecule has 0 atom stereocenters. The molecule has 0 radical (unpaired) electrons. The number of nitrogen functional groups attached to an aromatic ring is 1. The molecule has 0 amide bonds. The minimum absolute atomic E-state index is 0.147. The van der Waals surface area contributed by atoms with Crippen molar-refractivity contribution in [3.8, 4) is 0 Å². The third kappa shape index (κ3) is 4.63. The van der Waals surface area contributed by atoms with E-state index in [2.05, 4.69) is 10.2 Å². The van der Waals surface area contributed by atoms with Crippen molar-refractivity contribution in [1.29, 1.82) is 0 Å². The summed E-state index contributed by atoms with van der Waals surface area (Å²) in [6.45, 7) is 1.89. The first-order chi connectivity index (χ1) is 8.50. The number of carbonyl (C=O) groups is 1. The first kappa shape index (κ1) is 14.3. The second-order valence-electron chi connectivity index (χ2n) is 4.54. The largest absolute Gasteiger partial charge is 0.478 e. The summed E-state index contributed by atoms with van der Waals surface area (Å²) in [5.74, 6) is -0.997. The van der Waals surface area contributed by atoms with Crippen LogP contribution in [0.3, 0.4) is 0 Å². The van der Waals surface area contributed by atoms with Crippen LogP contribution in [0.1, 0.15) is 23.2 Å². The Morgan fingerprint density at radius 3 is 2.72 bits per heavy atom. The average Bonchev–Trinajstić information content (AvgIpc) is 2.30. The summed E-state index contributed by atoms with van der Waals surface area (Å²) in [7, 11) is 4.10. The molecule has 100 valence electrons. The van der Waals surface area contributed by atoms with Gasteiger partial charge in [-0.05, 0) is 51.7 Å². The molecular weight excluding hydrogens is 230 g/mol. The molecule has 18 heavy (non-hydrogen) atoms. The van der Waals surface area contributed by atoms with Crippen molar-refractivity contribution in [3.05, 3.63) is 23.8 Å². The number of rotatable bonds is 7. The monoisotopic (exact) mass is 251 g/mol. The number of carboxylic acids is 1. The molecule has 0 bridgehead atoms. The maximum Gasteiger partial charge on any atom is 0.337 e. The summed E-state index contributed by atoms with van der Waals surface area (Å²) >= 11 is 0. The van der Waals surface area contributed by atoms with Crippen LogP contribution in [0.5, 0.6) is 0 Å². The van der Waals surface area contributed by atoms with E-state index in [1.54, 1.807) is 18.2 Å². The lowest BCUT2D eigenvalue weighted by Gasteiger charge is -2.11. The zero-order valence-corrected chi connectivity index (χ0v) is 10.9. The van der Waals surface area contributed by atoms with Crippen molar-refractivity contribution in [2.75, 3.05) is 38.2 Å². The van der Waals surface area contributed by atoms with Crippen LogP contribution in [0, 0.1) is 0 Å². The second-order valence-corrected chi connectivity index (χ2v) is 4.54. The summed E-state index contributed by atoms with van der Waals surface area (Å²) in [6.07, 6.45) is 2.16. The molecule has 4 N–H and O–H groups in total. The average molecular weight is 251 g/mol. The minimum atomic E-state index is -0.997. The molecule has 0 aliphatic rings. The van der Waals surface area contributed by atoms with E-state index in [1.165, 1.54) is 0 Å². The number of carboxylic acid groups (broad SMARTS) is 1. The van der Waals surface area contributed by atoms with Crippen molar-refractivity contribution in [1.82, 2.24) is 4.90 Å². The highest BCUT2D eigenvalue weighted by atomic mass is 16.4. The Morgan fingerprint density at radius 1 is 1.39 bits per heavy atom. The van der Waals surface area contributed by atoms with Gasteiger partial charge in [-0.15, -0.1) is 0 Å².